The van der Waals surface area contributed by atoms with E-state index in [4.69, 9.17) is 0 Å². The highest BCUT2D eigenvalue weighted by Gasteiger charge is 2.69. The van der Waals surface area contributed by atoms with Gasteiger partial charge in [-0.1, -0.05) is 135 Å². The Morgan fingerprint density at radius 3 is 1.55 bits per heavy atom. The second kappa shape index (κ2) is 23.6. The Balaban J connectivity index is 2.53. The van der Waals surface area contributed by atoms with E-state index >= 15 is 0 Å². The normalized spacial score (nSPS) is 16.9. The average molecular weight is 621 g/mol. The van der Waals surface area contributed by atoms with Crippen LogP contribution >= 0.6 is 0 Å². The molecule has 3 N–H and O–H groups in total. The van der Waals surface area contributed by atoms with Crippen molar-refractivity contribution in [3.63, 3.8) is 0 Å². The highest BCUT2D eigenvalue weighted by Crippen LogP contribution is 2.37. The van der Waals surface area contributed by atoms with Crippen LogP contribution in [0.15, 0.2) is 12.2 Å². The highest BCUT2D eigenvalue weighted by atomic mass is 16.4. The van der Waals surface area contributed by atoms with Crippen molar-refractivity contribution in [2.24, 2.45) is 0 Å². The molecule has 7 heteroatoms. The molecule has 0 heterocycles. The van der Waals surface area contributed by atoms with E-state index in [1.165, 1.54) is 64.2 Å². The quantitative estimate of drug-likeness (QED) is 0.0441. The predicted octanol–water partition coefficient (Wildman–Crippen LogP) is 7.84. The van der Waals surface area contributed by atoms with Gasteiger partial charge in [0.2, 0.25) is 17.0 Å². The number of ketones is 4. The average Bonchev–Trinajstić information content (AvgIpc) is 3.29. The summed E-state index contributed by atoms with van der Waals surface area (Å²) in [6.45, 7) is 4.41. The summed E-state index contributed by atoms with van der Waals surface area (Å²) in [5, 5.41) is 33.2. The summed E-state index contributed by atoms with van der Waals surface area (Å²) < 4.78 is 0. The fraction of sp³-hybridized carbons (Fsp3) is 0.838. The van der Waals surface area contributed by atoms with E-state index in [0.717, 1.165) is 57.8 Å². The van der Waals surface area contributed by atoms with E-state index < -0.39 is 40.4 Å². The first-order valence-corrected chi connectivity index (χ1v) is 18.1. The van der Waals surface area contributed by atoms with Gasteiger partial charge in [0, 0.05) is 19.3 Å². The summed E-state index contributed by atoms with van der Waals surface area (Å²) in [4.78, 5) is 51.9. The van der Waals surface area contributed by atoms with Crippen molar-refractivity contribution in [3.8, 4) is 0 Å². The zero-order chi connectivity index (χ0) is 32.7. The topological polar surface area (TPSA) is 129 Å². The fourth-order valence-corrected chi connectivity index (χ4v) is 6.22. The molecule has 0 spiro atoms. The molecule has 2 atom stereocenters. The van der Waals surface area contributed by atoms with E-state index in [-0.39, 0.29) is 25.7 Å². The molecule has 0 aromatic rings. The fourth-order valence-electron chi connectivity index (χ4n) is 6.22. The second-order valence-electron chi connectivity index (χ2n) is 13.0. The molecule has 254 valence electrons. The van der Waals surface area contributed by atoms with Crippen molar-refractivity contribution in [1.82, 2.24) is 0 Å². The maximum atomic E-state index is 13.3. The van der Waals surface area contributed by atoms with Gasteiger partial charge in [-0.15, -0.1) is 0 Å². The van der Waals surface area contributed by atoms with Crippen LogP contribution in [0, 0.1) is 0 Å². The SMILES string of the molecule is CCCCCCC=CCCCCCCCC(=O)C(O)(C(=O)C(O)CCCCCCCCCCCCC)C1(O)C(=O)CCC1=O. The van der Waals surface area contributed by atoms with E-state index in [9.17, 15) is 34.5 Å². The Kier molecular flexibility index (Phi) is 21.6. The van der Waals surface area contributed by atoms with Crippen molar-refractivity contribution in [2.45, 2.75) is 198 Å². The smallest absolute Gasteiger partial charge is 0.227 e. The zero-order valence-electron chi connectivity index (χ0n) is 28.1. The number of rotatable bonds is 29. The third-order valence-corrected chi connectivity index (χ3v) is 9.22. The van der Waals surface area contributed by atoms with E-state index in [0.29, 0.717) is 19.3 Å². The summed E-state index contributed by atoms with van der Waals surface area (Å²) in [5.74, 6) is -4.46. The number of unbranched alkanes of at least 4 members (excludes halogenated alkanes) is 19. The molecular weight excluding hydrogens is 556 g/mol. The third kappa shape index (κ3) is 13.3. The molecule has 1 aliphatic rings. The summed E-state index contributed by atoms with van der Waals surface area (Å²) >= 11 is 0. The van der Waals surface area contributed by atoms with Crippen LogP contribution in [0.2, 0.25) is 0 Å². The molecule has 0 aromatic carbocycles. The molecule has 7 nitrogen and oxygen atoms in total. The number of hydrogen-bond acceptors (Lipinski definition) is 7. The summed E-state index contributed by atoms with van der Waals surface area (Å²) in [6, 6.07) is 0. The minimum atomic E-state index is -3.25. The van der Waals surface area contributed by atoms with Crippen LogP contribution in [-0.4, -0.2) is 55.8 Å². The molecule has 2 unspecified atom stereocenters. The molecule has 44 heavy (non-hydrogen) atoms. The summed E-state index contributed by atoms with van der Waals surface area (Å²) in [6.07, 6.45) is 24.9. The van der Waals surface area contributed by atoms with Crippen LogP contribution in [0.1, 0.15) is 181 Å². The molecule has 0 bridgehead atoms. The van der Waals surface area contributed by atoms with Crippen LogP contribution in [0.3, 0.4) is 0 Å². The second-order valence-corrected chi connectivity index (χ2v) is 13.0. The monoisotopic (exact) mass is 620 g/mol. The third-order valence-electron chi connectivity index (χ3n) is 9.22. The van der Waals surface area contributed by atoms with Gasteiger partial charge in [0.1, 0.15) is 6.10 Å². The minimum Gasteiger partial charge on any atom is -0.385 e. The van der Waals surface area contributed by atoms with Gasteiger partial charge in [-0.25, -0.2) is 0 Å². The number of carbonyl (C=O) groups excluding carboxylic acids is 4. The summed E-state index contributed by atoms with van der Waals surface area (Å²) in [7, 11) is 0. The van der Waals surface area contributed by atoms with E-state index in [1.807, 2.05) is 0 Å². The van der Waals surface area contributed by atoms with E-state index in [1.54, 1.807) is 0 Å². The van der Waals surface area contributed by atoms with Gasteiger partial charge in [0.05, 0.1) is 0 Å². The zero-order valence-corrected chi connectivity index (χ0v) is 28.1. The predicted molar refractivity (Wildman–Crippen MR) is 176 cm³/mol. The number of allylic oxidation sites excluding steroid dienone is 2. The lowest BCUT2D eigenvalue weighted by Gasteiger charge is -2.37. The first kappa shape index (κ1) is 40.3. The van der Waals surface area contributed by atoms with Crippen LogP contribution in [-0.2, 0) is 19.2 Å². The van der Waals surface area contributed by atoms with Crippen LogP contribution in [0.5, 0.6) is 0 Å². The van der Waals surface area contributed by atoms with Crippen molar-refractivity contribution >= 4 is 23.1 Å². The maximum Gasteiger partial charge on any atom is 0.227 e. The lowest BCUT2D eigenvalue weighted by atomic mass is 9.71. The Morgan fingerprint density at radius 2 is 1.07 bits per heavy atom. The van der Waals surface area contributed by atoms with Gasteiger partial charge in [-0.05, 0) is 38.5 Å². The van der Waals surface area contributed by atoms with Crippen molar-refractivity contribution in [3.05, 3.63) is 12.2 Å². The number of Topliss-reactive ketones (excluding diaryl/α,β-unsaturated/α-hetero) is 4. The van der Waals surface area contributed by atoms with Crippen LogP contribution in [0.25, 0.3) is 0 Å². The van der Waals surface area contributed by atoms with Crippen LogP contribution < -0.4 is 0 Å². The number of hydrogen-bond donors (Lipinski definition) is 3. The molecule has 0 saturated heterocycles. The molecule has 0 aliphatic heterocycles. The molecule has 1 rings (SSSR count). The van der Waals surface area contributed by atoms with Crippen molar-refractivity contribution in [2.75, 3.05) is 0 Å². The van der Waals surface area contributed by atoms with Crippen LogP contribution in [0.4, 0.5) is 0 Å². The molecule has 1 fully saturated rings. The first-order chi connectivity index (χ1) is 21.2. The molecule has 1 aliphatic carbocycles. The molecule has 1 saturated carbocycles. The molecular formula is C37H64O7. The standard InChI is InChI=1S/C37H64O7/c1-3-5-7-9-11-13-15-16-18-20-22-24-26-28-32(39)37(44,36(43)33(40)29-30-34(36)41)35(42)31(38)27-25-23-21-19-17-14-12-10-8-6-4-2/h13,15,31,38,43-44H,3-12,14,16-30H2,1-2H3. The molecule has 0 aromatic heterocycles. The van der Waals surface area contributed by atoms with Gasteiger partial charge in [-0.3, -0.25) is 19.2 Å². The number of aliphatic hydroxyl groups is 3. The Hall–Kier alpha value is -1.70. The minimum absolute atomic E-state index is 0.00289. The first-order valence-electron chi connectivity index (χ1n) is 18.1. The van der Waals surface area contributed by atoms with Gasteiger partial charge in [0.15, 0.2) is 17.3 Å². The largest absolute Gasteiger partial charge is 0.385 e. The lowest BCUT2D eigenvalue weighted by Crippen LogP contribution is -2.71. The summed E-state index contributed by atoms with van der Waals surface area (Å²) in [5.41, 5.74) is -6.38. The maximum absolute atomic E-state index is 13.3. The number of carbonyl (C=O) groups is 4. The Labute approximate surface area is 267 Å². The van der Waals surface area contributed by atoms with E-state index in [2.05, 4.69) is 26.0 Å². The van der Waals surface area contributed by atoms with Gasteiger partial charge >= 0.3 is 0 Å². The van der Waals surface area contributed by atoms with Crippen molar-refractivity contribution < 1.29 is 34.5 Å². The van der Waals surface area contributed by atoms with Gasteiger partial charge < -0.3 is 15.3 Å². The van der Waals surface area contributed by atoms with Gasteiger partial charge in [-0.2, -0.15) is 0 Å². The Bertz CT molecular complexity index is 848. The van der Waals surface area contributed by atoms with Gasteiger partial charge in [0.25, 0.3) is 0 Å². The highest BCUT2D eigenvalue weighted by molar-refractivity contribution is 6.28. The van der Waals surface area contributed by atoms with Crippen molar-refractivity contribution in [1.29, 1.82) is 0 Å². The molecule has 0 amide bonds. The molecule has 0 radical (unpaired) electrons. The number of aliphatic hydroxyl groups excluding tert-OH is 1. The lowest BCUT2D eigenvalue weighted by molar-refractivity contribution is -0.190. The Morgan fingerprint density at radius 1 is 0.682 bits per heavy atom.